The highest BCUT2D eigenvalue weighted by Crippen LogP contribution is 2.48. The molecule has 5 heterocycles. The van der Waals surface area contributed by atoms with Crippen molar-refractivity contribution in [3.05, 3.63) is 89.5 Å². The highest BCUT2D eigenvalue weighted by molar-refractivity contribution is 5.96. The minimum absolute atomic E-state index is 0.0950. The molecule has 8 rings (SSSR count). The Labute approximate surface area is 251 Å². The number of carbonyl (C=O) groups is 3. The van der Waals surface area contributed by atoms with Crippen molar-refractivity contribution < 1.29 is 28.6 Å². The van der Waals surface area contributed by atoms with Gasteiger partial charge in [-0.05, 0) is 61.8 Å². The van der Waals surface area contributed by atoms with Crippen LogP contribution in [0.4, 0.5) is 10.5 Å². The Morgan fingerprint density at radius 3 is 2.42 bits per heavy atom. The zero-order valence-corrected chi connectivity index (χ0v) is 24.3. The lowest BCUT2D eigenvalue weighted by Gasteiger charge is -2.50. The third-order valence-electron chi connectivity index (χ3n) is 9.65. The van der Waals surface area contributed by atoms with Crippen LogP contribution in [-0.4, -0.2) is 73.6 Å². The van der Waals surface area contributed by atoms with Gasteiger partial charge >= 0.3 is 12.1 Å². The highest BCUT2D eigenvalue weighted by Gasteiger charge is 2.59. The average Bonchev–Trinajstić information content (AvgIpc) is 3.31. The molecule has 5 aliphatic heterocycles. The Morgan fingerprint density at radius 1 is 0.930 bits per heavy atom. The number of benzene rings is 3. The van der Waals surface area contributed by atoms with Crippen molar-refractivity contribution in [2.45, 2.75) is 32.0 Å². The number of carbonyl (C=O) groups excluding carboxylic acids is 3. The predicted molar refractivity (Wildman–Crippen MR) is 160 cm³/mol. The average molecular weight is 583 g/mol. The van der Waals surface area contributed by atoms with E-state index in [4.69, 9.17) is 14.2 Å². The number of fused-ring (bicyclic) bond motifs is 4. The van der Waals surface area contributed by atoms with Gasteiger partial charge in [-0.25, -0.2) is 0 Å². The molecule has 2 amide bonds. The minimum Gasteiger partial charge on any atom is -0.489 e. The molecular weight excluding hydrogens is 546 g/mol. The maximum atomic E-state index is 13.8. The van der Waals surface area contributed by atoms with E-state index in [-0.39, 0.29) is 34.4 Å². The quantitative estimate of drug-likeness (QED) is 0.283. The van der Waals surface area contributed by atoms with Crippen LogP contribution in [-0.2, 0) is 22.7 Å². The number of rotatable bonds is 8. The second kappa shape index (κ2) is 11.1. The Bertz CT molecular complexity index is 1540. The normalized spacial score (nSPS) is 25.9. The number of hydrogen-bond acceptors (Lipinski definition) is 7. The molecule has 1 unspecified atom stereocenters. The molecule has 43 heavy (non-hydrogen) atoms. The van der Waals surface area contributed by atoms with Crippen LogP contribution in [0.2, 0.25) is 0 Å². The standard InChI is InChI=1S/C34H36N3O6/c1-41-33(39)27-18-36(19-27)32(38)26-11-9-23(10-12-26)22-42-28-6-4-5-24(17-28)21-37(30-20-35-15-13-25(30)14-16-35)29-7-2-3-8-31(29)43-34(37)40/h2-12,17,25,27,30H,13-16,18-22H2,1H3/q+1/t30-,37?/m0/s1. The fraction of sp³-hybridized carbons (Fsp3) is 0.382. The number of quaternary nitrogens is 1. The number of amides is 2. The van der Waals surface area contributed by atoms with Gasteiger partial charge in [0, 0.05) is 36.2 Å². The summed E-state index contributed by atoms with van der Waals surface area (Å²) in [6, 6.07) is 23.4. The van der Waals surface area contributed by atoms with E-state index in [9.17, 15) is 14.4 Å². The predicted octanol–water partition coefficient (Wildman–Crippen LogP) is 4.62. The summed E-state index contributed by atoms with van der Waals surface area (Å²) in [5.41, 5.74) is 3.48. The van der Waals surface area contributed by atoms with Gasteiger partial charge in [0.05, 0.1) is 19.6 Å². The number of para-hydroxylation sites is 2. The molecule has 0 aliphatic carbocycles. The molecule has 4 fully saturated rings. The van der Waals surface area contributed by atoms with Crippen molar-refractivity contribution in [2.75, 3.05) is 39.8 Å². The molecule has 4 saturated heterocycles. The summed E-state index contributed by atoms with van der Waals surface area (Å²) >= 11 is 0. The van der Waals surface area contributed by atoms with Gasteiger partial charge in [-0.2, -0.15) is 9.28 Å². The Balaban J connectivity index is 1.05. The highest BCUT2D eigenvalue weighted by atomic mass is 16.6. The van der Waals surface area contributed by atoms with Crippen LogP contribution in [0.15, 0.2) is 72.8 Å². The zero-order chi connectivity index (χ0) is 29.6. The van der Waals surface area contributed by atoms with Crippen molar-refractivity contribution >= 4 is 23.7 Å². The van der Waals surface area contributed by atoms with Gasteiger partial charge in [0.25, 0.3) is 5.91 Å². The molecule has 9 nitrogen and oxygen atoms in total. The van der Waals surface area contributed by atoms with E-state index in [1.807, 2.05) is 54.6 Å². The number of esters is 1. The Kier molecular flexibility index (Phi) is 7.15. The van der Waals surface area contributed by atoms with E-state index in [0.717, 1.165) is 55.0 Å². The first-order chi connectivity index (χ1) is 20.9. The fourth-order valence-corrected chi connectivity index (χ4v) is 7.24. The number of hydrogen-bond donors (Lipinski definition) is 0. The van der Waals surface area contributed by atoms with E-state index in [1.54, 1.807) is 17.0 Å². The smallest absolute Gasteiger partial charge is 0.489 e. The van der Waals surface area contributed by atoms with Crippen LogP contribution in [0, 0.1) is 11.8 Å². The van der Waals surface area contributed by atoms with Gasteiger partial charge in [0.1, 0.15) is 24.9 Å². The number of nitrogens with zero attached hydrogens (tertiary/aromatic N) is 3. The maximum absolute atomic E-state index is 13.8. The first-order valence-corrected chi connectivity index (χ1v) is 15.0. The molecule has 5 aliphatic rings. The number of ether oxygens (including phenoxy) is 3. The summed E-state index contributed by atoms with van der Waals surface area (Å²) in [5, 5.41) is 0. The first kappa shape index (κ1) is 27.6. The summed E-state index contributed by atoms with van der Waals surface area (Å²) < 4.78 is 17.0. The van der Waals surface area contributed by atoms with Crippen molar-refractivity contribution in [2.24, 2.45) is 11.8 Å². The lowest BCUT2D eigenvalue weighted by Crippen LogP contribution is -2.68. The molecule has 0 spiro atoms. The van der Waals surface area contributed by atoms with E-state index >= 15 is 0 Å². The van der Waals surface area contributed by atoms with Crippen LogP contribution in [0.3, 0.4) is 0 Å². The third kappa shape index (κ3) is 4.96. The molecule has 9 heteroatoms. The zero-order valence-electron chi connectivity index (χ0n) is 24.3. The summed E-state index contributed by atoms with van der Waals surface area (Å²) in [5.74, 6) is 1.25. The molecule has 3 aromatic carbocycles. The molecular formula is C34H36N3O6+. The number of methoxy groups -OCH3 is 1. The summed E-state index contributed by atoms with van der Waals surface area (Å²) in [6.45, 7) is 4.72. The number of piperidine rings is 3. The van der Waals surface area contributed by atoms with E-state index < -0.39 is 0 Å². The third-order valence-corrected chi connectivity index (χ3v) is 9.65. The van der Waals surface area contributed by atoms with E-state index in [2.05, 4.69) is 11.0 Å². The van der Waals surface area contributed by atoms with Gasteiger partial charge < -0.3 is 19.1 Å². The molecule has 0 N–H and O–H groups in total. The Morgan fingerprint density at radius 2 is 1.70 bits per heavy atom. The van der Waals surface area contributed by atoms with Crippen LogP contribution in [0.5, 0.6) is 11.5 Å². The van der Waals surface area contributed by atoms with Gasteiger partial charge in [-0.3, -0.25) is 14.5 Å². The molecule has 0 radical (unpaired) electrons. The Hall–Kier alpha value is -4.21. The van der Waals surface area contributed by atoms with Gasteiger partial charge in [0.15, 0.2) is 11.4 Å². The lowest BCUT2D eigenvalue weighted by atomic mass is 9.81. The van der Waals surface area contributed by atoms with Crippen molar-refractivity contribution in [3.8, 4) is 11.5 Å². The molecule has 2 bridgehead atoms. The maximum Gasteiger partial charge on any atom is 0.527 e. The summed E-state index contributed by atoms with van der Waals surface area (Å²) in [4.78, 5) is 42.3. The van der Waals surface area contributed by atoms with Crippen LogP contribution >= 0.6 is 0 Å². The fourth-order valence-electron chi connectivity index (χ4n) is 7.24. The molecule has 222 valence electrons. The SMILES string of the molecule is COC(=O)C1CN(C(=O)c2ccc(COc3cccc(C[N+]4([C@H]5CN6CCC5CC6)C(=O)Oc5ccccc54)c3)cc2)C1. The minimum atomic E-state index is -0.276. The van der Waals surface area contributed by atoms with Crippen molar-refractivity contribution in [1.82, 2.24) is 14.3 Å². The van der Waals surface area contributed by atoms with E-state index in [1.165, 1.54) is 7.11 Å². The van der Waals surface area contributed by atoms with Crippen molar-refractivity contribution in [3.63, 3.8) is 0 Å². The number of likely N-dealkylation sites (tertiary alicyclic amines) is 1. The lowest BCUT2D eigenvalue weighted by molar-refractivity contribution is -0.149. The second-order valence-electron chi connectivity index (χ2n) is 12.1. The first-order valence-electron chi connectivity index (χ1n) is 15.0. The second-order valence-corrected chi connectivity index (χ2v) is 12.1. The molecule has 2 atom stereocenters. The van der Waals surface area contributed by atoms with Crippen LogP contribution < -0.4 is 14.0 Å². The summed E-state index contributed by atoms with van der Waals surface area (Å²) in [6.07, 6.45) is 2.03. The molecule has 0 aromatic heterocycles. The molecule has 3 aromatic rings. The van der Waals surface area contributed by atoms with Crippen molar-refractivity contribution in [1.29, 1.82) is 0 Å². The van der Waals surface area contributed by atoms with Crippen LogP contribution in [0.1, 0.15) is 34.3 Å². The largest absolute Gasteiger partial charge is 0.527 e. The van der Waals surface area contributed by atoms with Gasteiger partial charge in [-0.1, -0.05) is 36.4 Å². The monoisotopic (exact) mass is 582 g/mol. The van der Waals surface area contributed by atoms with Gasteiger partial charge in [-0.15, -0.1) is 0 Å². The summed E-state index contributed by atoms with van der Waals surface area (Å²) in [7, 11) is 1.36. The van der Waals surface area contributed by atoms with Crippen LogP contribution in [0.25, 0.3) is 0 Å². The van der Waals surface area contributed by atoms with Gasteiger partial charge in [0.2, 0.25) is 0 Å². The topological polar surface area (TPSA) is 85.4 Å². The van der Waals surface area contributed by atoms with E-state index in [0.29, 0.717) is 43.5 Å². The molecule has 0 saturated carbocycles.